The first-order chi connectivity index (χ1) is 14.6. The molecule has 3 aromatic carbocycles. The average Bonchev–Trinajstić information content (AvgIpc) is 2.78. The van der Waals surface area contributed by atoms with Gasteiger partial charge in [0.05, 0.1) is 23.0 Å². The van der Waals surface area contributed by atoms with Gasteiger partial charge in [0.1, 0.15) is 6.61 Å². The van der Waals surface area contributed by atoms with Gasteiger partial charge in [0.2, 0.25) is 0 Å². The smallest absolute Gasteiger partial charge is 0.259 e. The van der Waals surface area contributed by atoms with Crippen molar-refractivity contribution in [3.05, 3.63) is 100 Å². The van der Waals surface area contributed by atoms with Crippen LogP contribution in [0.1, 0.15) is 17.0 Å². The molecule has 1 heterocycles. The van der Waals surface area contributed by atoms with Gasteiger partial charge in [-0.05, 0) is 41.5 Å². The van der Waals surface area contributed by atoms with Crippen LogP contribution in [0.2, 0.25) is 0 Å². The highest BCUT2D eigenvalue weighted by Gasteiger charge is 2.09. The Morgan fingerprint density at radius 1 is 1.03 bits per heavy atom. The van der Waals surface area contributed by atoms with E-state index in [9.17, 15) is 4.79 Å². The molecule has 0 atom stereocenters. The fourth-order valence-electron chi connectivity index (χ4n) is 3.04. The molecule has 150 valence electrons. The van der Waals surface area contributed by atoms with Crippen LogP contribution in [0.3, 0.4) is 0 Å². The van der Waals surface area contributed by atoms with E-state index in [-0.39, 0.29) is 5.56 Å². The maximum atomic E-state index is 12.3. The summed E-state index contributed by atoms with van der Waals surface area (Å²) in [6.45, 7) is 0.440. The quantitative estimate of drug-likeness (QED) is 0.464. The van der Waals surface area contributed by atoms with E-state index in [1.165, 1.54) is 0 Å². The summed E-state index contributed by atoms with van der Waals surface area (Å²) in [5.74, 6) is 1.53. The number of hydrogen-bond acceptors (Lipinski definition) is 4. The number of benzene rings is 3. The van der Waals surface area contributed by atoms with E-state index < -0.39 is 0 Å². The van der Waals surface area contributed by atoms with E-state index in [2.05, 4.69) is 9.97 Å². The zero-order valence-corrected chi connectivity index (χ0v) is 17.0. The minimum atomic E-state index is -0.232. The van der Waals surface area contributed by atoms with Crippen molar-refractivity contribution in [1.82, 2.24) is 9.97 Å². The molecule has 30 heavy (non-hydrogen) atoms. The van der Waals surface area contributed by atoms with Gasteiger partial charge in [-0.1, -0.05) is 60.1 Å². The first-order valence-electron chi connectivity index (χ1n) is 9.35. The highest BCUT2D eigenvalue weighted by atomic mass is 35.5. The molecule has 1 aromatic heterocycles. The number of fused-ring (bicyclic) bond motifs is 1. The van der Waals surface area contributed by atoms with Gasteiger partial charge >= 0.3 is 0 Å². The van der Waals surface area contributed by atoms with Crippen LogP contribution in [0, 0.1) is 0 Å². The number of halogens is 1. The zero-order chi connectivity index (χ0) is 20.9. The highest BCUT2D eigenvalue weighted by molar-refractivity contribution is 6.50. The number of para-hydroxylation sites is 1. The van der Waals surface area contributed by atoms with E-state index >= 15 is 0 Å². The molecular formula is C24H19ClN2O3. The number of hydrogen-bond donors (Lipinski definition) is 1. The molecule has 1 N–H and O–H groups in total. The Bertz CT molecular complexity index is 1270. The standard InChI is InChI=1S/C24H19ClN2O3/c1-29-22-14-17(11-12-21(22)30-15-16-7-3-2-4-8-16)13-19(25)23-26-20-10-6-5-9-18(20)24(28)27-23/h2-14H,15H2,1H3,(H,26,27,28)/b19-13-. The summed E-state index contributed by atoms with van der Waals surface area (Å²) in [5.41, 5.74) is 2.21. The van der Waals surface area contributed by atoms with Crippen molar-refractivity contribution in [1.29, 1.82) is 0 Å². The summed E-state index contributed by atoms with van der Waals surface area (Å²) in [7, 11) is 1.59. The lowest BCUT2D eigenvalue weighted by atomic mass is 10.1. The molecule has 6 heteroatoms. The number of nitrogens with one attached hydrogen (secondary N) is 1. The average molecular weight is 419 g/mol. The maximum absolute atomic E-state index is 12.3. The summed E-state index contributed by atoms with van der Waals surface area (Å²) in [6, 6.07) is 22.5. The van der Waals surface area contributed by atoms with Crippen LogP contribution in [0.15, 0.2) is 77.6 Å². The molecule has 0 unspecified atom stereocenters. The van der Waals surface area contributed by atoms with Gasteiger partial charge in [-0.2, -0.15) is 0 Å². The van der Waals surface area contributed by atoms with Crippen LogP contribution in [0.25, 0.3) is 22.0 Å². The number of aromatic amines is 1. The van der Waals surface area contributed by atoms with Gasteiger partial charge in [0.15, 0.2) is 17.3 Å². The Morgan fingerprint density at radius 2 is 1.80 bits per heavy atom. The first-order valence-corrected chi connectivity index (χ1v) is 9.73. The van der Waals surface area contributed by atoms with Crippen molar-refractivity contribution in [2.24, 2.45) is 0 Å². The Morgan fingerprint density at radius 3 is 2.60 bits per heavy atom. The molecule has 4 rings (SSSR count). The summed E-state index contributed by atoms with van der Waals surface area (Å²) >= 11 is 6.45. The third kappa shape index (κ3) is 4.36. The number of ether oxygens (including phenoxy) is 2. The van der Waals surface area contributed by atoms with Crippen molar-refractivity contribution in [3.8, 4) is 11.5 Å². The Hall–Kier alpha value is -3.57. The van der Waals surface area contributed by atoms with Crippen LogP contribution in [-0.2, 0) is 6.61 Å². The summed E-state index contributed by atoms with van der Waals surface area (Å²) in [6.07, 6.45) is 1.72. The predicted octanol–water partition coefficient (Wildman–Crippen LogP) is 5.25. The molecule has 0 bridgehead atoms. The van der Waals surface area contributed by atoms with Crippen LogP contribution >= 0.6 is 11.6 Å². The Balaban J connectivity index is 1.59. The van der Waals surface area contributed by atoms with Gasteiger partial charge in [0.25, 0.3) is 5.56 Å². The largest absolute Gasteiger partial charge is 0.493 e. The van der Waals surface area contributed by atoms with E-state index in [4.69, 9.17) is 21.1 Å². The van der Waals surface area contributed by atoms with Crippen molar-refractivity contribution < 1.29 is 9.47 Å². The molecule has 0 aliphatic rings. The fraction of sp³-hybridized carbons (Fsp3) is 0.0833. The highest BCUT2D eigenvalue weighted by Crippen LogP contribution is 2.31. The molecule has 0 amide bonds. The lowest BCUT2D eigenvalue weighted by Crippen LogP contribution is -2.10. The van der Waals surface area contributed by atoms with Crippen molar-refractivity contribution >= 4 is 33.6 Å². The maximum Gasteiger partial charge on any atom is 0.259 e. The monoisotopic (exact) mass is 418 g/mol. The molecule has 0 saturated carbocycles. The van der Waals surface area contributed by atoms with E-state index in [0.29, 0.717) is 39.9 Å². The molecular weight excluding hydrogens is 400 g/mol. The first kappa shape index (κ1) is 19.7. The van der Waals surface area contributed by atoms with Crippen LogP contribution < -0.4 is 15.0 Å². The number of rotatable bonds is 6. The van der Waals surface area contributed by atoms with Crippen molar-refractivity contribution in [2.45, 2.75) is 6.61 Å². The number of aromatic nitrogens is 2. The molecule has 0 fully saturated rings. The van der Waals surface area contributed by atoms with E-state index in [1.54, 1.807) is 31.4 Å². The topological polar surface area (TPSA) is 64.2 Å². The lowest BCUT2D eigenvalue weighted by molar-refractivity contribution is 0.284. The molecule has 5 nitrogen and oxygen atoms in total. The molecule has 4 aromatic rings. The second kappa shape index (κ2) is 8.84. The Labute approximate surface area is 178 Å². The van der Waals surface area contributed by atoms with Crippen LogP contribution in [0.4, 0.5) is 0 Å². The number of H-pyrrole nitrogens is 1. The minimum Gasteiger partial charge on any atom is -0.493 e. The van der Waals surface area contributed by atoms with Crippen molar-refractivity contribution in [3.63, 3.8) is 0 Å². The minimum absolute atomic E-state index is 0.232. The molecule has 0 aliphatic heterocycles. The third-order valence-corrected chi connectivity index (χ3v) is 4.85. The third-order valence-electron chi connectivity index (χ3n) is 4.56. The number of methoxy groups -OCH3 is 1. The second-order valence-electron chi connectivity index (χ2n) is 6.61. The van der Waals surface area contributed by atoms with E-state index in [0.717, 1.165) is 11.1 Å². The van der Waals surface area contributed by atoms with Crippen LogP contribution in [-0.4, -0.2) is 17.1 Å². The van der Waals surface area contributed by atoms with Gasteiger partial charge in [0, 0.05) is 0 Å². The molecule has 0 aliphatic carbocycles. The molecule has 0 spiro atoms. The molecule has 0 radical (unpaired) electrons. The summed E-state index contributed by atoms with van der Waals surface area (Å²) in [5, 5.41) is 0.838. The normalized spacial score (nSPS) is 11.5. The van der Waals surface area contributed by atoms with Gasteiger partial charge in [-0.25, -0.2) is 4.98 Å². The van der Waals surface area contributed by atoms with Gasteiger partial charge in [-0.15, -0.1) is 0 Å². The van der Waals surface area contributed by atoms with Gasteiger partial charge in [-0.3, -0.25) is 4.79 Å². The summed E-state index contributed by atoms with van der Waals surface area (Å²) in [4.78, 5) is 19.4. The van der Waals surface area contributed by atoms with Crippen LogP contribution in [0.5, 0.6) is 11.5 Å². The Kier molecular flexibility index (Phi) is 5.82. The fourth-order valence-corrected chi connectivity index (χ4v) is 3.26. The van der Waals surface area contributed by atoms with E-state index in [1.807, 2.05) is 54.6 Å². The predicted molar refractivity (Wildman–Crippen MR) is 120 cm³/mol. The molecule has 0 saturated heterocycles. The van der Waals surface area contributed by atoms with Gasteiger partial charge < -0.3 is 14.5 Å². The zero-order valence-electron chi connectivity index (χ0n) is 16.3. The lowest BCUT2D eigenvalue weighted by Gasteiger charge is -2.11. The summed E-state index contributed by atoms with van der Waals surface area (Å²) < 4.78 is 11.4. The SMILES string of the molecule is COc1cc(/C=C(\Cl)c2nc3ccccc3c(=O)[nH]2)ccc1OCc1ccccc1. The second-order valence-corrected chi connectivity index (χ2v) is 7.02. The van der Waals surface area contributed by atoms with Crippen molar-refractivity contribution in [2.75, 3.05) is 7.11 Å². The number of nitrogens with zero attached hydrogens (tertiary/aromatic N) is 1.